The van der Waals surface area contributed by atoms with Crippen molar-refractivity contribution < 1.29 is 24.6 Å². The standard InChI is InChI=1S/C42H76BrNO5/c43-39-40(45)44(37-33-29-25-21-17-13-9-5-1-3-7-11-15-19-23-27-31-35-41(46)47)38-34-30-26-22-18-14-10-6-2-4-8-12-16-20-24-28-32-36-42(48)49/h3-4,7-8H,1-2,5-6,9-39H2,(H,46,47)(H,48,49). The Hall–Kier alpha value is -1.63. The van der Waals surface area contributed by atoms with Gasteiger partial charge in [-0.05, 0) is 77.0 Å². The molecule has 0 aliphatic carbocycles. The van der Waals surface area contributed by atoms with Crippen molar-refractivity contribution in [3.8, 4) is 0 Å². The number of rotatable bonds is 39. The molecule has 49 heavy (non-hydrogen) atoms. The number of nitrogens with zero attached hydrogens (tertiary/aromatic N) is 1. The fraction of sp³-hybridized carbons (Fsp3) is 0.833. The minimum atomic E-state index is -0.677. The molecule has 286 valence electrons. The molecule has 0 aromatic rings. The zero-order chi connectivity index (χ0) is 35.9. The summed E-state index contributed by atoms with van der Waals surface area (Å²) in [6.45, 7) is 1.81. The summed E-state index contributed by atoms with van der Waals surface area (Å²) in [7, 11) is 0. The Labute approximate surface area is 310 Å². The molecule has 0 aliphatic rings. The summed E-state index contributed by atoms with van der Waals surface area (Å²) in [6.07, 6.45) is 45.9. The lowest BCUT2D eigenvalue weighted by molar-refractivity contribution is -0.138. The SMILES string of the molecule is O=C(O)CCCCCCCC=CCCCCCCCCCCN(CCCCCCCCCCC=CCCCCCCCC(=O)O)C(=O)CBr. The third kappa shape index (κ3) is 39.0. The molecule has 0 bridgehead atoms. The zero-order valence-corrected chi connectivity index (χ0v) is 33.1. The van der Waals surface area contributed by atoms with Crippen LogP contribution in [0.15, 0.2) is 24.3 Å². The molecular weight excluding hydrogens is 678 g/mol. The van der Waals surface area contributed by atoms with E-state index in [0.29, 0.717) is 18.2 Å². The van der Waals surface area contributed by atoms with E-state index < -0.39 is 11.9 Å². The van der Waals surface area contributed by atoms with Gasteiger partial charge in [0.2, 0.25) is 5.91 Å². The molecule has 0 radical (unpaired) electrons. The van der Waals surface area contributed by atoms with Gasteiger partial charge in [0.05, 0.1) is 5.33 Å². The van der Waals surface area contributed by atoms with Crippen molar-refractivity contribution in [3.63, 3.8) is 0 Å². The Bertz CT molecular complexity index is 757. The number of hydrogen-bond donors (Lipinski definition) is 2. The van der Waals surface area contributed by atoms with Gasteiger partial charge in [-0.15, -0.1) is 0 Å². The van der Waals surface area contributed by atoms with Gasteiger partial charge in [0.25, 0.3) is 0 Å². The molecular formula is C42H76BrNO5. The Morgan fingerprint density at radius 1 is 0.388 bits per heavy atom. The molecule has 0 rings (SSSR count). The van der Waals surface area contributed by atoms with Crippen molar-refractivity contribution in [3.05, 3.63) is 24.3 Å². The van der Waals surface area contributed by atoms with Gasteiger partial charge in [-0.25, -0.2) is 0 Å². The monoisotopic (exact) mass is 753 g/mol. The lowest BCUT2D eigenvalue weighted by atomic mass is 10.1. The Kier molecular flexibility index (Phi) is 37.9. The van der Waals surface area contributed by atoms with Gasteiger partial charge in [-0.3, -0.25) is 14.4 Å². The van der Waals surface area contributed by atoms with Crippen molar-refractivity contribution in [2.75, 3.05) is 18.4 Å². The van der Waals surface area contributed by atoms with Gasteiger partial charge >= 0.3 is 11.9 Å². The maximum atomic E-state index is 12.4. The second kappa shape index (κ2) is 39.2. The fourth-order valence-corrected chi connectivity index (χ4v) is 6.66. The summed E-state index contributed by atoms with van der Waals surface area (Å²) in [5.41, 5.74) is 0. The van der Waals surface area contributed by atoms with Crippen LogP contribution < -0.4 is 0 Å². The Morgan fingerprint density at radius 3 is 0.898 bits per heavy atom. The summed E-state index contributed by atoms with van der Waals surface area (Å²) >= 11 is 3.38. The number of alkyl halides is 1. The van der Waals surface area contributed by atoms with Crippen LogP contribution in [-0.2, 0) is 14.4 Å². The molecule has 0 atom stereocenters. The number of allylic oxidation sites excluding steroid dienone is 4. The van der Waals surface area contributed by atoms with Crippen molar-refractivity contribution in [2.45, 2.75) is 205 Å². The highest BCUT2D eigenvalue weighted by Crippen LogP contribution is 2.14. The maximum absolute atomic E-state index is 12.4. The first-order chi connectivity index (χ1) is 24.0. The van der Waals surface area contributed by atoms with Crippen LogP contribution >= 0.6 is 15.9 Å². The van der Waals surface area contributed by atoms with Crippen LogP contribution in [0.5, 0.6) is 0 Å². The maximum Gasteiger partial charge on any atom is 0.303 e. The average Bonchev–Trinajstić information content (AvgIpc) is 3.08. The molecule has 1 amide bonds. The van der Waals surface area contributed by atoms with E-state index in [-0.39, 0.29) is 5.91 Å². The van der Waals surface area contributed by atoms with Crippen molar-refractivity contribution >= 4 is 33.8 Å². The van der Waals surface area contributed by atoms with E-state index in [0.717, 1.165) is 77.3 Å². The summed E-state index contributed by atoms with van der Waals surface area (Å²) in [5, 5.41) is 17.7. The third-order valence-corrected chi connectivity index (χ3v) is 9.90. The van der Waals surface area contributed by atoms with Gasteiger partial charge in [0, 0.05) is 25.9 Å². The molecule has 6 nitrogen and oxygen atoms in total. The van der Waals surface area contributed by atoms with E-state index in [1.54, 1.807) is 0 Å². The van der Waals surface area contributed by atoms with Crippen molar-refractivity contribution in [2.24, 2.45) is 0 Å². The number of carbonyl (C=O) groups is 3. The normalized spacial score (nSPS) is 11.6. The second-order valence-electron chi connectivity index (χ2n) is 14.1. The number of aliphatic carboxylic acids is 2. The number of carbonyl (C=O) groups excluding carboxylic acids is 1. The first-order valence-electron chi connectivity index (χ1n) is 20.5. The fourth-order valence-electron chi connectivity index (χ4n) is 6.31. The highest BCUT2D eigenvalue weighted by atomic mass is 79.9. The summed E-state index contributed by atoms with van der Waals surface area (Å²) in [5.74, 6) is -1.11. The molecule has 0 fully saturated rings. The smallest absolute Gasteiger partial charge is 0.303 e. The van der Waals surface area contributed by atoms with Gasteiger partial charge in [0.1, 0.15) is 0 Å². The second-order valence-corrected chi connectivity index (χ2v) is 14.7. The third-order valence-electron chi connectivity index (χ3n) is 9.42. The molecule has 0 saturated heterocycles. The van der Waals surface area contributed by atoms with Gasteiger partial charge in [-0.2, -0.15) is 0 Å². The minimum absolute atomic E-state index is 0.240. The summed E-state index contributed by atoms with van der Waals surface area (Å²) in [6, 6.07) is 0. The van der Waals surface area contributed by atoms with E-state index in [4.69, 9.17) is 10.2 Å². The molecule has 7 heteroatoms. The topological polar surface area (TPSA) is 94.9 Å². The average molecular weight is 755 g/mol. The van der Waals surface area contributed by atoms with E-state index in [9.17, 15) is 14.4 Å². The highest BCUT2D eigenvalue weighted by molar-refractivity contribution is 9.09. The summed E-state index contributed by atoms with van der Waals surface area (Å²) < 4.78 is 0. The zero-order valence-electron chi connectivity index (χ0n) is 31.5. The van der Waals surface area contributed by atoms with Crippen LogP contribution in [0.3, 0.4) is 0 Å². The highest BCUT2D eigenvalue weighted by Gasteiger charge is 2.11. The Balaban J connectivity index is 3.53. The first kappa shape index (κ1) is 47.4. The predicted molar refractivity (Wildman–Crippen MR) is 212 cm³/mol. The quantitative estimate of drug-likeness (QED) is 0.0370. The van der Waals surface area contributed by atoms with Crippen molar-refractivity contribution in [1.82, 2.24) is 4.90 Å². The van der Waals surface area contributed by atoms with Crippen LogP contribution in [0.25, 0.3) is 0 Å². The predicted octanol–water partition coefficient (Wildman–Crippen LogP) is 13.0. The first-order valence-corrected chi connectivity index (χ1v) is 21.7. The Morgan fingerprint density at radius 2 is 0.633 bits per heavy atom. The van der Waals surface area contributed by atoms with Crippen LogP contribution in [0.1, 0.15) is 205 Å². The number of halogens is 1. The number of carboxylic acid groups (broad SMARTS) is 2. The van der Waals surface area contributed by atoms with Gasteiger partial charge < -0.3 is 15.1 Å². The lowest BCUT2D eigenvalue weighted by Gasteiger charge is -2.22. The minimum Gasteiger partial charge on any atom is -0.481 e. The van der Waals surface area contributed by atoms with E-state index in [2.05, 4.69) is 45.1 Å². The number of hydrogen-bond acceptors (Lipinski definition) is 3. The number of amides is 1. The van der Waals surface area contributed by atoms with Crippen LogP contribution in [0, 0.1) is 0 Å². The molecule has 0 heterocycles. The molecule has 0 aromatic heterocycles. The van der Waals surface area contributed by atoms with E-state index in [1.165, 1.54) is 128 Å². The van der Waals surface area contributed by atoms with Crippen LogP contribution in [0.4, 0.5) is 0 Å². The number of unbranched alkanes of at least 4 members (excludes halogenated alkanes) is 26. The molecule has 0 saturated carbocycles. The van der Waals surface area contributed by atoms with Gasteiger partial charge in [0.15, 0.2) is 0 Å². The van der Waals surface area contributed by atoms with E-state index in [1.807, 2.05) is 0 Å². The molecule has 2 N–H and O–H groups in total. The number of carboxylic acids is 2. The summed E-state index contributed by atoms with van der Waals surface area (Å²) in [4.78, 5) is 35.5. The van der Waals surface area contributed by atoms with Gasteiger partial charge in [-0.1, -0.05) is 156 Å². The van der Waals surface area contributed by atoms with Crippen molar-refractivity contribution in [1.29, 1.82) is 0 Å². The largest absolute Gasteiger partial charge is 0.481 e. The van der Waals surface area contributed by atoms with E-state index >= 15 is 0 Å². The van der Waals surface area contributed by atoms with Crippen LogP contribution in [-0.4, -0.2) is 51.4 Å². The lowest BCUT2D eigenvalue weighted by Crippen LogP contribution is -2.33. The molecule has 0 aliphatic heterocycles. The molecule has 0 spiro atoms. The molecule has 0 unspecified atom stereocenters. The van der Waals surface area contributed by atoms with Crippen LogP contribution in [0.2, 0.25) is 0 Å². The molecule has 0 aromatic carbocycles.